The molecule has 1 saturated heterocycles. The van der Waals surface area contributed by atoms with Gasteiger partial charge in [0.2, 0.25) is 0 Å². The summed E-state index contributed by atoms with van der Waals surface area (Å²) in [6.07, 6.45) is 2.75. The molecule has 0 radical (unpaired) electrons. The molecule has 2 aliphatic rings. The summed E-state index contributed by atoms with van der Waals surface area (Å²) in [6, 6.07) is 4.68. The number of nitrogen functional groups attached to an aromatic ring is 1. The van der Waals surface area contributed by atoms with Crippen LogP contribution in [0.25, 0.3) is 0 Å². The number of ether oxygens (including phenoxy) is 2. The van der Waals surface area contributed by atoms with Gasteiger partial charge in [-0.2, -0.15) is 0 Å². The number of nitrogens with two attached hydrogens (primary N) is 1. The van der Waals surface area contributed by atoms with Gasteiger partial charge in [-0.15, -0.1) is 0 Å². The summed E-state index contributed by atoms with van der Waals surface area (Å²) in [4.78, 5) is 4.93. The fourth-order valence-corrected chi connectivity index (χ4v) is 2.93. The first kappa shape index (κ1) is 13.4. The van der Waals surface area contributed by atoms with Crippen LogP contribution in [0.5, 0.6) is 11.5 Å². The molecule has 1 aromatic carbocycles. The molecule has 1 heterocycles. The van der Waals surface area contributed by atoms with E-state index in [1.807, 2.05) is 12.1 Å². The van der Waals surface area contributed by atoms with E-state index < -0.39 is 0 Å². The van der Waals surface area contributed by atoms with E-state index in [1.165, 1.54) is 12.8 Å². The zero-order valence-electron chi connectivity index (χ0n) is 12.3. The van der Waals surface area contributed by atoms with Crippen molar-refractivity contribution < 1.29 is 9.47 Å². The maximum Gasteiger partial charge on any atom is 0.162 e. The van der Waals surface area contributed by atoms with Gasteiger partial charge in [0.1, 0.15) is 0 Å². The van der Waals surface area contributed by atoms with Crippen molar-refractivity contribution >= 4 is 11.4 Å². The van der Waals surface area contributed by atoms with Gasteiger partial charge in [0.25, 0.3) is 0 Å². The average molecular weight is 277 g/mol. The van der Waals surface area contributed by atoms with Crippen LogP contribution in [0.1, 0.15) is 12.8 Å². The van der Waals surface area contributed by atoms with Crippen LogP contribution in [0.3, 0.4) is 0 Å². The lowest BCUT2D eigenvalue weighted by Crippen LogP contribution is -2.47. The standard InChI is InChI=1S/C15H23N3O2/c1-19-14-9-12(16)13(10-15(14)20-2)18-7-5-17(6-8-18)11-3-4-11/h9-11H,3-8,16H2,1-2H3. The van der Waals surface area contributed by atoms with Crippen molar-refractivity contribution in [1.29, 1.82) is 0 Å². The maximum absolute atomic E-state index is 6.17. The highest BCUT2D eigenvalue weighted by atomic mass is 16.5. The molecule has 1 aliphatic carbocycles. The van der Waals surface area contributed by atoms with Crippen LogP contribution in [0.15, 0.2) is 12.1 Å². The molecule has 0 atom stereocenters. The molecule has 0 amide bonds. The minimum Gasteiger partial charge on any atom is -0.493 e. The number of methoxy groups -OCH3 is 2. The normalized spacial score (nSPS) is 20.0. The lowest BCUT2D eigenvalue weighted by atomic mass is 10.2. The van der Waals surface area contributed by atoms with Crippen LogP contribution in [0, 0.1) is 0 Å². The van der Waals surface area contributed by atoms with Crippen LogP contribution < -0.4 is 20.1 Å². The minimum absolute atomic E-state index is 0.686. The largest absolute Gasteiger partial charge is 0.493 e. The number of benzene rings is 1. The Morgan fingerprint density at radius 3 is 2.15 bits per heavy atom. The quantitative estimate of drug-likeness (QED) is 0.847. The molecule has 2 fully saturated rings. The zero-order chi connectivity index (χ0) is 14.1. The van der Waals surface area contributed by atoms with Crippen LogP contribution in [-0.4, -0.2) is 51.3 Å². The van der Waals surface area contributed by atoms with E-state index in [1.54, 1.807) is 14.2 Å². The molecule has 0 spiro atoms. The Labute approximate surface area is 120 Å². The summed E-state index contributed by atoms with van der Waals surface area (Å²) < 4.78 is 10.7. The third-order valence-corrected chi connectivity index (χ3v) is 4.25. The van der Waals surface area contributed by atoms with Gasteiger partial charge in [-0.1, -0.05) is 0 Å². The summed E-state index contributed by atoms with van der Waals surface area (Å²) in [5.41, 5.74) is 7.97. The summed E-state index contributed by atoms with van der Waals surface area (Å²) >= 11 is 0. The molecule has 20 heavy (non-hydrogen) atoms. The Hall–Kier alpha value is -1.62. The summed E-state index contributed by atoms with van der Waals surface area (Å²) in [5, 5.41) is 0. The van der Waals surface area contributed by atoms with E-state index in [0.717, 1.165) is 49.3 Å². The molecule has 3 rings (SSSR count). The Balaban J connectivity index is 1.76. The first-order chi connectivity index (χ1) is 9.72. The number of nitrogens with zero attached hydrogens (tertiary/aromatic N) is 2. The minimum atomic E-state index is 0.686. The Morgan fingerprint density at radius 2 is 1.60 bits per heavy atom. The van der Waals surface area contributed by atoms with Gasteiger partial charge in [-0.3, -0.25) is 4.90 Å². The Morgan fingerprint density at radius 1 is 1.00 bits per heavy atom. The van der Waals surface area contributed by atoms with E-state index in [0.29, 0.717) is 5.75 Å². The molecule has 2 N–H and O–H groups in total. The average Bonchev–Trinajstić information content (AvgIpc) is 3.32. The van der Waals surface area contributed by atoms with Crippen LogP contribution in [0.4, 0.5) is 11.4 Å². The second-order valence-corrected chi connectivity index (χ2v) is 5.52. The van der Waals surface area contributed by atoms with Crippen molar-refractivity contribution in [2.24, 2.45) is 0 Å². The lowest BCUT2D eigenvalue weighted by molar-refractivity contribution is 0.248. The fourth-order valence-electron chi connectivity index (χ4n) is 2.93. The van der Waals surface area contributed by atoms with E-state index in [2.05, 4.69) is 9.80 Å². The van der Waals surface area contributed by atoms with Crippen LogP contribution >= 0.6 is 0 Å². The van der Waals surface area contributed by atoms with Gasteiger partial charge in [0.05, 0.1) is 25.6 Å². The number of piperazine rings is 1. The molecule has 5 nitrogen and oxygen atoms in total. The number of rotatable bonds is 4. The maximum atomic E-state index is 6.17. The summed E-state index contributed by atoms with van der Waals surface area (Å²) in [7, 11) is 3.29. The molecule has 1 saturated carbocycles. The molecular formula is C15H23N3O2. The van der Waals surface area contributed by atoms with E-state index in [-0.39, 0.29) is 0 Å². The fraction of sp³-hybridized carbons (Fsp3) is 0.600. The second kappa shape index (κ2) is 5.40. The Kier molecular flexibility index (Phi) is 3.61. The Bertz CT molecular complexity index is 480. The molecule has 0 aromatic heterocycles. The van der Waals surface area contributed by atoms with Gasteiger partial charge in [0, 0.05) is 44.4 Å². The first-order valence-electron chi connectivity index (χ1n) is 7.23. The van der Waals surface area contributed by atoms with Crippen molar-refractivity contribution in [3.8, 4) is 11.5 Å². The van der Waals surface area contributed by atoms with Crippen LogP contribution in [0.2, 0.25) is 0 Å². The van der Waals surface area contributed by atoms with Crippen molar-refractivity contribution in [1.82, 2.24) is 4.90 Å². The summed E-state index contributed by atoms with van der Waals surface area (Å²) in [6.45, 7) is 4.29. The molecule has 0 bridgehead atoms. The van der Waals surface area contributed by atoms with Gasteiger partial charge in [-0.05, 0) is 12.8 Å². The predicted octanol–water partition coefficient (Wildman–Crippen LogP) is 1.57. The molecule has 1 aromatic rings. The van der Waals surface area contributed by atoms with Gasteiger partial charge in [-0.25, -0.2) is 0 Å². The van der Waals surface area contributed by atoms with E-state index in [9.17, 15) is 0 Å². The van der Waals surface area contributed by atoms with Crippen molar-refractivity contribution in [2.45, 2.75) is 18.9 Å². The van der Waals surface area contributed by atoms with Gasteiger partial charge < -0.3 is 20.1 Å². The van der Waals surface area contributed by atoms with Crippen LogP contribution in [-0.2, 0) is 0 Å². The monoisotopic (exact) mass is 277 g/mol. The number of anilines is 2. The van der Waals surface area contributed by atoms with E-state index >= 15 is 0 Å². The smallest absolute Gasteiger partial charge is 0.162 e. The molecule has 5 heteroatoms. The van der Waals surface area contributed by atoms with Crippen molar-refractivity contribution in [3.05, 3.63) is 12.1 Å². The second-order valence-electron chi connectivity index (χ2n) is 5.52. The SMILES string of the molecule is COc1cc(N)c(N2CCN(C3CC3)CC2)cc1OC. The zero-order valence-corrected chi connectivity index (χ0v) is 12.3. The lowest BCUT2D eigenvalue weighted by Gasteiger charge is -2.36. The third kappa shape index (κ3) is 2.50. The molecule has 110 valence electrons. The van der Waals surface area contributed by atoms with Crippen molar-refractivity contribution in [3.63, 3.8) is 0 Å². The molecule has 0 unspecified atom stereocenters. The van der Waals surface area contributed by atoms with Crippen molar-refractivity contribution in [2.75, 3.05) is 51.0 Å². The van der Waals surface area contributed by atoms with Gasteiger partial charge in [0.15, 0.2) is 11.5 Å². The first-order valence-corrected chi connectivity index (χ1v) is 7.23. The predicted molar refractivity (Wildman–Crippen MR) is 80.8 cm³/mol. The number of hydrogen-bond donors (Lipinski definition) is 1. The third-order valence-electron chi connectivity index (χ3n) is 4.25. The molecule has 1 aliphatic heterocycles. The topological polar surface area (TPSA) is 51.0 Å². The highest BCUT2D eigenvalue weighted by Crippen LogP contribution is 2.37. The van der Waals surface area contributed by atoms with E-state index in [4.69, 9.17) is 15.2 Å². The molecular weight excluding hydrogens is 254 g/mol. The van der Waals surface area contributed by atoms with Gasteiger partial charge >= 0.3 is 0 Å². The highest BCUT2D eigenvalue weighted by molar-refractivity contribution is 5.73. The highest BCUT2D eigenvalue weighted by Gasteiger charge is 2.31. The summed E-state index contributed by atoms with van der Waals surface area (Å²) in [5.74, 6) is 1.42. The number of hydrogen-bond acceptors (Lipinski definition) is 5.